The third-order valence-electron chi connectivity index (χ3n) is 4.62. The SMILES string of the molecule is CC(c1cccc([N+](=O)[O-])c1)N(C)C1CCCC1CN. The number of hydrogen-bond acceptors (Lipinski definition) is 4. The van der Waals surface area contributed by atoms with E-state index in [4.69, 9.17) is 5.73 Å². The molecule has 0 aliphatic heterocycles. The van der Waals surface area contributed by atoms with Gasteiger partial charge < -0.3 is 5.73 Å². The van der Waals surface area contributed by atoms with Crippen molar-refractivity contribution in [2.24, 2.45) is 11.7 Å². The highest BCUT2D eigenvalue weighted by Crippen LogP contribution is 2.33. The van der Waals surface area contributed by atoms with Gasteiger partial charge in [-0.25, -0.2) is 0 Å². The summed E-state index contributed by atoms with van der Waals surface area (Å²) in [7, 11) is 2.10. The van der Waals surface area contributed by atoms with Gasteiger partial charge in [-0.15, -0.1) is 0 Å². The molecule has 5 heteroatoms. The molecule has 1 aliphatic rings. The molecule has 1 aromatic carbocycles. The van der Waals surface area contributed by atoms with Crippen LogP contribution in [0.2, 0.25) is 0 Å². The lowest BCUT2D eigenvalue weighted by atomic mass is 9.99. The minimum atomic E-state index is -0.339. The van der Waals surface area contributed by atoms with E-state index >= 15 is 0 Å². The molecule has 0 aromatic heterocycles. The highest BCUT2D eigenvalue weighted by atomic mass is 16.6. The van der Waals surface area contributed by atoms with E-state index in [2.05, 4.69) is 18.9 Å². The summed E-state index contributed by atoms with van der Waals surface area (Å²) in [6.07, 6.45) is 3.57. The van der Waals surface area contributed by atoms with Crippen LogP contribution in [0.1, 0.15) is 37.8 Å². The number of benzene rings is 1. The summed E-state index contributed by atoms with van der Waals surface area (Å²) in [4.78, 5) is 12.9. The third-order valence-corrected chi connectivity index (χ3v) is 4.62. The number of nitro groups is 1. The van der Waals surface area contributed by atoms with E-state index in [0.29, 0.717) is 12.0 Å². The lowest BCUT2D eigenvalue weighted by Gasteiger charge is -2.34. The van der Waals surface area contributed by atoms with Crippen LogP contribution in [0.15, 0.2) is 24.3 Å². The first-order chi connectivity index (χ1) is 9.54. The van der Waals surface area contributed by atoms with Gasteiger partial charge in [0.15, 0.2) is 0 Å². The van der Waals surface area contributed by atoms with Crippen LogP contribution in [-0.4, -0.2) is 29.5 Å². The summed E-state index contributed by atoms with van der Waals surface area (Å²) in [5.74, 6) is 0.543. The topological polar surface area (TPSA) is 72.4 Å². The van der Waals surface area contributed by atoms with Crippen LogP contribution in [0, 0.1) is 16.0 Å². The average Bonchev–Trinajstić information content (AvgIpc) is 2.94. The van der Waals surface area contributed by atoms with Gasteiger partial charge in [-0.1, -0.05) is 18.6 Å². The highest BCUT2D eigenvalue weighted by molar-refractivity contribution is 5.35. The standard InChI is InChI=1S/C15H23N3O2/c1-11(12-5-3-7-14(9-12)18(19)20)17(2)15-8-4-6-13(15)10-16/h3,5,7,9,11,13,15H,4,6,8,10,16H2,1-2H3. The molecular weight excluding hydrogens is 254 g/mol. The van der Waals surface area contributed by atoms with Gasteiger partial charge in [-0.05, 0) is 44.8 Å². The molecule has 1 aromatic rings. The Morgan fingerprint density at radius 3 is 2.90 bits per heavy atom. The number of nitro benzene ring substituents is 1. The van der Waals surface area contributed by atoms with E-state index in [0.717, 1.165) is 18.5 Å². The normalized spacial score (nSPS) is 24.0. The molecule has 1 fully saturated rings. The Morgan fingerprint density at radius 1 is 1.50 bits per heavy atom. The van der Waals surface area contributed by atoms with Crippen LogP contribution in [0.5, 0.6) is 0 Å². The first kappa shape index (κ1) is 14.9. The summed E-state index contributed by atoms with van der Waals surface area (Å²) < 4.78 is 0. The zero-order valence-electron chi connectivity index (χ0n) is 12.2. The second-order valence-electron chi connectivity index (χ2n) is 5.69. The van der Waals surface area contributed by atoms with Gasteiger partial charge in [0.25, 0.3) is 5.69 Å². The fraction of sp³-hybridized carbons (Fsp3) is 0.600. The Morgan fingerprint density at radius 2 is 2.25 bits per heavy atom. The maximum atomic E-state index is 10.9. The van der Waals surface area contributed by atoms with Crippen molar-refractivity contribution in [2.75, 3.05) is 13.6 Å². The van der Waals surface area contributed by atoms with E-state index in [9.17, 15) is 10.1 Å². The van der Waals surface area contributed by atoms with Crippen LogP contribution in [0.4, 0.5) is 5.69 Å². The largest absolute Gasteiger partial charge is 0.330 e. The zero-order chi connectivity index (χ0) is 14.7. The van der Waals surface area contributed by atoms with Crippen molar-refractivity contribution in [2.45, 2.75) is 38.3 Å². The van der Waals surface area contributed by atoms with Gasteiger partial charge in [0.1, 0.15) is 0 Å². The maximum absolute atomic E-state index is 10.9. The van der Waals surface area contributed by atoms with Gasteiger partial charge >= 0.3 is 0 Å². The minimum Gasteiger partial charge on any atom is -0.330 e. The molecule has 20 heavy (non-hydrogen) atoms. The smallest absolute Gasteiger partial charge is 0.269 e. The molecule has 2 rings (SSSR count). The van der Waals surface area contributed by atoms with E-state index in [1.54, 1.807) is 12.1 Å². The Kier molecular flexibility index (Phi) is 4.73. The Bertz CT molecular complexity index is 478. The van der Waals surface area contributed by atoms with Crippen molar-refractivity contribution in [3.8, 4) is 0 Å². The third kappa shape index (κ3) is 2.99. The molecule has 3 unspecified atom stereocenters. The van der Waals surface area contributed by atoms with Gasteiger partial charge in [0.05, 0.1) is 4.92 Å². The monoisotopic (exact) mass is 277 g/mol. The molecule has 5 nitrogen and oxygen atoms in total. The molecule has 0 radical (unpaired) electrons. The Balaban J connectivity index is 2.15. The molecule has 2 N–H and O–H groups in total. The molecule has 110 valence electrons. The van der Waals surface area contributed by atoms with Crippen LogP contribution in [0.3, 0.4) is 0 Å². The first-order valence-electron chi connectivity index (χ1n) is 7.21. The lowest BCUT2D eigenvalue weighted by molar-refractivity contribution is -0.385. The molecule has 0 saturated heterocycles. The van der Waals surface area contributed by atoms with Crippen LogP contribution in [0.25, 0.3) is 0 Å². The Labute approximate surface area is 119 Å². The fourth-order valence-corrected chi connectivity index (χ4v) is 3.25. The lowest BCUT2D eigenvalue weighted by Crippen LogP contribution is -2.39. The van der Waals surface area contributed by atoms with Crippen molar-refractivity contribution >= 4 is 5.69 Å². The van der Waals surface area contributed by atoms with Gasteiger partial charge in [-0.2, -0.15) is 0 Å². The van der Waals surface area contributed by atoms with Crippen molar-refractivity contribution in [3.05, 3.63) is 39.9 Å². The summed E-state index contributed by atoms with van der Waals surface area (Å²) in [6.45, 7) is 2.82. The predicted octanol–water partition coefficient (Wildman–Crippen LogP) is 2.71. The fourth-order valence-electron chi connectivity index (χ4n) is 3.25. The molecular formula is C15H23N3O2. The van der Waals surface area contributed by atoms with Gasteiger partial charge in [-0.3, -0.25) is 15.0 Å². The molecule has 0 amide bonds. The number of non-ortho nitro benzene ring substituents is 1. The van der Waals surface area contributed by atoms with Crippen LogP contribution < -0.4 is 5.73 Å². The van der Waals surface area contributed by atoms with E-state index in [1.165, 1.54) is 18.9 Å². The molecule has 0 heterocycles. The minimum absolute atomic E-state index is 0.157. The predicted molar refractivity (Wildman–Crippen MR) is 79.5 cm³/mol. The first-order valence-corrected chi connectivity index (χ1v) is 7.21. The van der Waals surface area contributed by atoms with Crippen molar-refractivity contribution in [3.63, 3.8) is 0 Å². The molecule has 0 bridgehead atoms. The van der Waals surface area contributed by atoms with Crippen molar-refractivity contribution in [1.82, 2.24) is 4.90 Å². The second-order valence-corrected chi connectivity index (χ2v) is 5.69. The van der Waals surface area contributed by atoms with E-state index in [1.807, 2.05) is 6.07 Å². The van der Waals surface area contributed by atoms with E-state index in [-0.39, 0.29) is 16.7 Å². The summed E-state index contributed by atoms with van der Waals surface area (Å²) >= 11 is 0. The maximum Gasteiger partial charge on any atom is 0.269 e. The number of hydrogen-bond donors (Lipinski definition) is 1. The van der Waals surface area contributed by atoms with Crippen LogP contribution >= 0.6 is 0 Å². The molecule has 1 saturated carbocycles. The van der Waals surface area contributed by atoms with E-state index < -0.39 is 0 Å². The Hall–Kier alpha value is -1.46. The summed E-state index contributed by atoms with van der Waals surface area (Å²) in [6, 6.07) is 7.57. The number of nitrogens with two attached hydrogens (primary N) is 1. The van der Waals surface area contributed by atoms with Gasteiger partial charge in [0.2, 0.25) is 0 Å². The second kappa shape index (κ2) is 6.33. The number of rotatable bonds is 5. The molecule has 1 aliphatic carbocycles. The highest BCUT2D eigenvalue weighted by Gasteiger charge is 2.31. The van der Waals surface area contributed by atoms with Gasteiger partial charge in [0, 0.05) is 24.2 Å². The quantitative estimate of drug-likeness (QED) is 0.663. The van der Waals surface area contributed by atoms with Crippen molar-refractivity contribution < 1.29 is 4.92 Å². The average molecular weight is 277 g/mol. The molecule has 3 atom stereocenters. The van der Waals surface area contributed by atoms with Crippen LogP contribution in [-0.2, 0) is 0 Å². The summed E-state index contributed by atoms with van der Waals surface area (Å²) in [5, 5.41) is 10.9. The molecule has 0 spiro atoms. The van der Waals surface area contributed by atoms with Crippen molar-refractivity contribution in [1.29, 1.82) is 0 Å². The number of nitrogens with zero attached hydrogens (tertiary/aromatic N) is 2. The zero-order valence-corrected chi connectivity index (χ0v) is 12.2. The summed E-state index contributed by atoms with van der Waals surface area (Å²) in [5.41, 5.74) is 7.00.